The zero-order valence-electron chi connectivity index (χ0n) is 14.5. The Labute approximate surface area is 149 Å². The highest BCUT2D eigenvalue weighted by Crippen LogP contribution is 2.52. The van der Waals surface area contributed by atoms with E-state index in [9.17, 15) is 40.5 Å². The molecule has 0 spiro atoms. The standard InChI is InChI=1S/C16H24N2O8/c1-3-5-18(6-4-2)15(23,24)7-8-9-10(12(20)13(21)11(8)19)17-14(22)16(9,25)26/h19-21,23-26H,3-7H2,1-2H3,(H,17,22). The van der Waals surface area contributed by atoms with Crippen LogP contribution in [0.25, 0.3) is 0 Å². The van der Waals surface area contributed by atoms with Crippen molar-refractivity contribution in [2.75, 3.05) is 18.4 Å². The molecule has 0 aliphatic carbocycles. The van der Waals surface area contributed by atoms with E-state index in [1.807, 2.05) is 19.2 Å². The Morgan fingerprint density at radius 2 is 1.54 bits per heavy atom. The summed E-state index contributed by atoms with van der Waals surface area (Å²) in [5.74, 6) is -9.91. The van der Waals surface area contributed by atoms with Gasteiger partial charge in [0.15, 0.2) is 11.5 Å². The second-order valence-corrected chi connectivity index (χ2v) is 6.34. The number of aliphatic hydroxyl groups is 4. The van der Waals surface area contributed by atoms with Crippen LogP contribution in [0.4, 0.5) is 5.69 Å². The number of hydrogen-bond acceptors (Lipinski definition) is 9. The number of amides is 1. The Balaban J connectivity index is 2.59. The predicted octanol–water partition coefficient (Wildman–Crippen LogP) is -0.804. The summed E-state index contributed by atoms with van der Waals surface area (Å²) in [5.41, 5.74) is -1.64. The van der Waals surface area contributed by atoms with Crippen LogP contribution in [0.1, 0.15) is 37.8 Å². The summed E-state index contributed by atoms with van der Waals surface area (Å²) < 4.78 is 0. The maximum atomic E-state index is 11.8. The fourth-order valence-corrected chi connectivity index (χ4v) is 3.11. The highest BCUT2D eigenvalue weighted by molar-refractivity contribution is 6.06. The van der Waals surface area contributed by atoms with Crippen LogP contribution in [0, 0.1) is 0 Å². The molecule has 0 radical (unpaired) electrons. The Kier molecular flexibility index (Phi) is 5.36. The smallest absolute Gasteiger partial charge is 0.289 e. The SMILES string of the molecule is CCCN(CCC)C(O)(O)Cc1c(O)c(O)c(O)c2c1C(O)(O)C(=O)N2. The molecule has 1 heterocycles. The molecule has 26 heavy (non-hydrogen) atoms. The van der Waals surface area contributed by atoms with Crippen molar-refractivity contribution in [2.24, 2.45) is 0 Å². The number of aromatic hydroxyl groups is 3. The predicted molar refractivity (Wildman–Crippen MR) is 89.2 cm³/mol. The van der Waals surface area contributed by atoms with Gasteiger partial charge in [0.2, 0.25) is 11.7 Å². The number of nitrogens with one attached hydrogen (secondary N) is 1. The summed E-state index contributed by atoms with van der Waals surface area (Å²) in [7, 11) is 0. The van der Waals surface area contributed by atoms with E-state index in [0.29, 0.717) is 25.9 Å². The number of carbonyl (C=O) groups excluding carboxylic acids is 1. The Hall–Kier alpha value is -2.11. The molecule has 146 valence electrons. The molecule has 8 N–H and O–H groups in total. The second kappa shape index (κ2) is 6.89. The van der Waals surface area contributed by atoms with Crippen molar-refractivity contribution < 1.29 is 40.5 Å². The molecule has 0 atom stereocenters. The highest BCUT2D eigenvalue weighted by atomic mass is 16.5. The van der Waals surface area contributed by atoms with Crippen LogP contribution in [-0.2, 0) is 17.0 Å². The maximum absolute atomic E-state index is 11.8. The van der Waals surface area contributed by atoms with Gasteiger partial charge in [0, 0.05) is 25.1 Å². The number of anilines is 1. The summed E-state index contributed by atoms with van der Waals surface area (Å²) in [6.07, 6.45) is 0.433. The van der Waals surface area contributed by atoms with Crippen LogP contribution in [0.3, 0.4) is 0 Å². The van der Waals surface area contributed by atoms with Gasteiger partial charge in [-0.15, -0.1) is 0 Å². The molecule has 1 aliphatic heterocycles. The van der Waals surface area contributed by atoms with Crippen LogP contribution in [-0.4, -0.2) is 65.6 Å². The molecule has 1 aliphatic rings. The van der Waals surface area contributed by atoms with E-state index in [4.69, 9.17) is 0 Å². The van der Waals surface area contributed by atoms with E-state index < -0.39 is 58.1 Å². The summed E-state index contributed by atoms with van der Waals surface area (Å²) in [6.45, 7) is 4.26. The van der Waals surface area contributed by atoms with Gasteiger partial charge in [0.05, 0.1) is 11.3 Å². The van der Waals surface area contributed by atoms with Crippen LogP contribution in [0.15, 0.2) is 0 Å². The van der Waals surface area contributed by atoms with Crippen molar-refractivity contribution in [3.8, 4) is 17.2 Å². The Morgan fingerprint density at radius 1 is 1.00 bits per heavy atom. The molecular weight excluding hydrogens is 348 g/mol. The van der Waals surface area contributed by atoms with Gasteiger partial charge in [0.25, 0.3) is 11.7 Å². The van der Waals surface area contributed by atoms with E-state index in [1.54, 1.807) is 0 Å². The van der Waals surface area contributed by atoms with Gasteiger partial charge >= 0.3 is 0 Å². The third-order valence-corrected chi connectivity index (χ3v) is 4.33. The topological polar surface area (TPSA) is 174 Å². The van der Waals surface area contributed by atoms with Crippen molar-refractivity contribution in [3.63, 3.8) is 0 Å². The minimum Gasteiger partial charge on any atom is -0.504 e. The monoisotopic (exact) mass is 372 g/mol. The molecule has 2 rings (SSSR count). The first-order valence-corrected chi connectivity index (χ1v) is 8.25. The molecule has 1 aromatic carbocycles. The van der Waals surface area contributed by atoms with Crippen LogP contribution < -0.4 is 5.32 Å². The average molecular weight is 372 g/mol. The fraction of sp³-hybridized carbons (Fsp3) is 0.562. The molecule has 1 aromatic rings. The summed E-state index contributed by atoms with van der Waals surface area (Å²) >= 11 is 0. The lowest BCUT2D eigenvalue weighted by Gasteiger charge is -2.36. The number of rotatable bonds is 7. The zero-order chi connectivity index (χ0) is 19.9. The first-order valence-electron chi connectivity index (χ1n) is 8.25. The summed E-state index contributed by atoms with van der Waals surface area (Å²) in [6, 6.07) is 0. The van der Waals surface area contributed by atoms with Gasteiger partial charge in [-0.3, -0.25) is 9.69 Å². The van der Waals surface area contributed by atoms with Crippen molar-refractivity contribution in [3.05, 3.63) is 11.1 Å². The van der Waals surface area contributed by atoms with Gasteiger partial charge in [-0.2, -0.15) is 0 Å². The molecule has 10 heteroatoms. The van der Waals surface area contributed by atoms with E-state index in [2.05, 4.69) is 0 Å². The molecule has 0 fully saturated rings. The lowest BCUT2D eigenvalue weighted by atomic mass is 9.94. The van der Waals surface area contributed by atoms with E-state index in [0.717, 1.165) is 0 Å². The Bertz CT molecular complexity index is 711. The van der Waals surface area contributed by atoms with Gasteiger partial charge in [-0.1, -0.05) is 13.8 Å². The first-order chi connectivity index (χ1) is 12.0. The minimum atomic E-state index is -3.12. The van der Waals surface area contributed by atoms with E-state index in [1.165, 1.54) is 4.90 Å². The largest absolute Gasteiger partial charge is 0.504 e. The van der Waals surface area contributed by atoms with Crippen LogP contribution in [0.2, 0.25) is 0 Å². The lowest BCUT2D eigenvalue weighted by Crippen LogP contribution is -2.51. The normalized spacial score (nSPS) is 16.0. The van der Waals surface area contributed by atoms with Gasteiger partial charge in [0.1, 0.15) is 0 Å². The number of fused-ring (bicyclic) bond motifs is 1. The second-order valence-electron chi connectivity index (χ2n) is 6.34. The van der Waals surface area contributed by atoms with E-state index >= 15 is 0 Å². The number of phenolic OH excluding ortho intramolecular Hbond substituents is 3. The molecule has 1 amide bonds. The lowest BCUT2D eigenvalue weighted by molar-refractivity contribution is -0.263. The van der Waals surface area contributed by atoms with Crippen molar-refractivity contribution in [1.29, 1.82) is 0 Å². The van der Waals surface area contributed by atoms with Crippen LogP contribution in [0.5, 0.6) is 17.2 Å². The van der Waals surface area contributed by atoms with Gasteiger partial charge < -0.3 is 41.1 Å². The molecule has 0 unspecified atom stereocenters. The molecule has 10 nitrogen and oxygen atoms in total. The number of carbonyl (C=O) groups is 1. The number of nitrogens with zero attached hydrogens (tertiary/aromatic N) is 1. The molecule has 0 aromatic heterocycles. The highest BCUT2D eigenvalue weighted by Gasteiger charge is 2.50. The van der Waals surface area contributed by atoms with E-state index in [-0.39, 0.29) is 0 Å². The van der Waals surface area contributed by atoms with Gasteiger partial charge in [-0.25, -0.2) is 0 Å². The van der Waals surface area contributed by atoms with Crippen molar-refractivity contribution in [2.45, 2.75) is 44.8 Å². The number of hydrogen-bond donors (Lipinski definition) is 8. The van der Waals surface area contributed by atoms with Gasteiger partial charge in [-0.05, 0) is 12.8 Å². The van der Waals surface area contributed by atoms with Crippen molar-refractivity contribution >= 4 is 11.6 Å². The third-order valence-electron chi connectivity index (χ3n) is 4.33. The molecule has 0 saturated heterocycles. The maximum Gasteiger partial charge on any atom is 0.289 e. The zero-order valence-corrected chi connectivity index (χ0v) is 14.5. The summed E-state index contributed by atoms with van der Waals surface area (Å²) in [5, 5.41) is 73.0. The number of phenols is 3. The third kappa shape index (κ3) is 3.17. The van der Waals surface area contributed by atoms with Crippen molar-refractivity contribution in [1.82, 2.24) is 4.90 Å². The van der Waals surface area contributed by atoms with Crippen LogP contribution >= 0.6 is 0 Å². The number of benzene rings is 1. The fourth-order valence-electron chi connectivity index (χ4n) is 3.11. The molecule has 0 bridgehead atoms. The Morgan fingerprint density at radius 3 is 2.04 bits per heavy atom. The quantitative estimate of drug-likeness (QED) is 0.173. The molecular formula is C16H24N2O8. The first kappa shape index (κ1) is 20.2. The summed E-state index contributed by atoms with van der Waals surface area (Å²) in [4.78, 5) is 13.1. The molecule has 0 saturated carbocycles. The average Bonchev–Trinajstić information content (AvgIpc) is 2.79. The minimum absolute atomic E-state index is 0.300.